The summed E-state index contributed by atoms with van der Waals surface area (Å²) in [6, 6.07) is 3.44. The number of benzene rings is 1. The van der Waals surface area contributed by atoms with Gasteiger partial charge in [0.1, 0.15) is 17.7 Å². The first-order valence-electron chi connectivity index (χ1n) is 5.25. The van der Waals surface area contributed by atoms with Gasteiger partial charge < -0.3 is 5.11 Å². The lowest BCUT2D eigenvalue weighted by Gasteiger charge is -2.10. The highest BCUT2D eigenvalue weighted by Crippen LogP contribution is 2.54. The van der Waals surface area contributed by atoms with E-state index in [1.807, 2.05) is 0 Å². The molecule has 0 saturated heterocycles. The molecule has 0 spiro atoms. The molecular weight excluding hydrogens is 293 g/mol. The fourth-order valence-corrected chi connectivity index (χ4v) is 4.01. The van der Waals surface area contributed by atoms with E-state index in [4.69, 9.17) is 23.2 Å². The minimum atomic E-state index is -0.711. The topological polar surface area (TPSA) is 50.9 Å². The maximum absolute atomic E-state index is 10.3. The van der Waals surface area contributed by atoms with E-state index < -0.39 is 6.10 Å². The Morgan fingerprint density at radius 2 is 2.17 bits per heavy atom. The Balaban J connectivity index is 2.03. The monoisotopic (exact) mass is 301 g/mol. The number of rotatable bonds is 1. The summed E-state index contributed by atoms with van der Waals surface area (Å²) in [5, 5.41) is 15.4. The third-order valence-electron chi connectivity index (χ3n) is 2.76. The molecule has 0 radical (unpaired) electrons. The van der Waals surface area contributed by atoms with Crippen LogP contribution < -0.4 is 0 Å². The van der Waals surface area contributed by atoms with E-state index in [0.717, 1.165) is 4.90 Å². The van der Waals surface area contributed by atoms with Crippen molar-refractivity contribution in [1.82, 2.24) is 14.8 Å². The number of fused-ring (bicyclic) bond motifs is 1. The van der Waals surface area contributed by atoms with Gasteiger partial charge in [0.25, 0.3) is 0 Å². The van der Waals surface area contributed by atoms with Gasteiger partial charge in [-0.15, -0.1) is 11.8 Å². The lowest BCUT2D eigenvalue weighted by Crippen LogP contribution is -2.05. The van der Waals surface area contributed by atoms with Crippen LogP contribution in [0.15, 0.2) is 23.4 Å². The van der Waals surface area contributed by atoms with Gasteiger partial charge in [0.15, 0.2) is 5.82 Å². The average Bonchev–Trinajstić information content (AvgIpc) is 2.83. The molecule has 0 amide bonds. The standard InChI is InChI=1S/C11H9Cl2N3OS/c1-16-4-14-11(15-16)10-9(17)8-6(13)2-5(12)3-7(8)18-10/h2-4,9-10,17H,1H3/t9-,10+/m0/s1. The first kappa shape index (κ1) is 12.3. The molecule has 0 fully saturated rings. The van der Waals surface area contributed by atoms with E-state index >= 15 is 0 Å². The summed E-state index contributed by atoms with van der Waals surface area (Å²) in [5.41, 5.74) is 0.712. The predicted octanol–water partition coefficient (Wildman–Crippen LogP) is 3.00. The molecule has 0 aliphatic carbocycles. The van der Waals surface area contributed by atoms with Gasteiger partial charge in [0.2, 0.25) is 0 Å². The van der Waals surface area contributed by atoms with Crippen LogP contribution in [0.5, 0.6) is 0 Å². The van der Waals surface area contributed by atoms with Crippen molar-refractivity contribution in [2.45, 2.75) is 16.2 Å². The fourth-order valence-electron chi connectivity index (χ4n) is 1.98. The number of hydrogen-bond acceptors (Lipinski definition) is 4. The smallest absolute Gasteiger partial charge is 0.166 e. The number of thioether (sulfide) groups is 1. The summed E-state index contributed by atoms with van der Waals surface area (Å²) in [5.74, 6) is 0.596. The first-order valence-corrected chi connectivity index (χ1v) is 6.89. The largest absolute Gasteiger partial charge is 0.387 e. The molecule has 3 rings (SSSR count). The van der Waals surface area contributed by atoms with Gasteiger partial charge in [0, 0.05) is 27.6 Å². The quantitative estimate of drug-likeness (QED) is 0.880. The van der Waals surface area contributed by atoms with Crippen molar-refractivity contribution in [3.05, 3.63) is 39.9 Å². The maximum Gasteiger partial charge on any atom is 0.166 e. The molecule has 0 unspecified atom stereocenters. The van der Waals surface area contributed by atoms with Gasteiger partial charge in [0.05, 0.1) is 0 Å². The molecule has 1 N–H and O–H groups in total. The molecule has 4 nitrogen and oxygen atoms in total. The van der Waals surface area contributed by atoms with Crippen molar-refractivity contribution < 1.29 is 5.11 Å². The van der Waals surface area contributed by atoms with Crippen LogP contribution in [0.1, 0.15) is 22.7 Å². The SMILES string of the molecule is Cn1cnc([C@@H]2Sc3cc(Cl)cc(Cl)c3[C@@H]2O)n1. The molecule has 2 atom stereocenters. The number of hydrogen-bond donors (Lipinski definition) is 1. The summed E-state index contributed by atoms with van der Waals surface area (Å²) < 4.78 is 1.61. The number of nitrogens with zero attached hydrogens (tertiary/aromatic N) is 3. The predicted molar refractivity (Wildman–Crippen MR) is 71.0 cm³/mol. The summed E-state index contributed by atoms with van der Waals surface area (Å²) >= 11 is 13.6. The molecule has 18 heavy (non-hydrogen) atoms. The molecule has 2 heterocycles. The normalized spacial score (nSPS) is 22.2. The summed E-state index contributed by atoms with van der Waals surface area (Å²) in [7, 11) is 1.79. The van der Waals surface area contributed by atoms with Crippen LogP contribution >= 0.6 is 35.0 Å². The zero-order valence-electron chi connectivity index (χ0n) is 9.34. The molecule has 0 bridgehead atoms. The number of aromatic nitrogens is 3. The van der Waals surface area contributed by atoms with E-state index in [1.165, 1.54) is 11.8 Å². The fraction of sp³-hybridized carbons (Fsp3) is 0.273. The molecule has 1 aromatic heterocycles. The maximum atomic E-state index is 10.3. The van der Waals surface area contributed by atoms with E-state index in [1.54, 1.807) is 30.2 Å². The lowest BCUT2D eigenvalue weighted by atomic mass is 10.1. The van der Waals surface area contributed by atoms with Gasteiger partial charge >= 0.3 is 0 Å². The van der Waals surface area contributed by atoms with Gasteiger partial charge in [-0.3, -0.25) is 4.68 Å². The van der Waals surface area contributed by atoms with Crippen LogP contribution in [0.4, 0.5) is 0 Å². The number of aryl methyl sites for hydroxylation is 1. The Bertz CT molecular complexity index is 616. The third kappa shape index (κ3) is 1.91. The molecular formula is C11H9Cl2N3OS. The molecule has 1 aromatic carbocycles. The van der Waals surface area contributed by atoms with Gasteiger partial charge in [-0.25, -0.2) is 4.98 Å². The highest BCUT2D eigenvalue weighted by molar-refractivity contribution is 8.00. The Morgan fingerprint density at radius 3 is 2.83 bits per heavy atom. The van der Waals surface area contributed by atoms with Gasteiger partial charge in [-0.2, -0.15) is 5.10 Å². The summed E-state index contributed by atoms with van der Waals surface area (Å²) in [6.07, 6.45) is 0.900. The minimum Gasteiger partial charge on any atom is -0.387 e. The van der Waals surface area contributed by atoms with Gasteiger partial charge in [-0.05, 0) is 12.1 Å². The van der Waals surface area contributed by atoms with Crippen LogP contribution in [-0.2, 0) is 7.05 Å². The lowest BCUT2D eigenvalue weighted by molar-refractivity contribution is 0.174. The van der Waals surface area contributed by atoms with E-state index in [-0.39, 0.29) is 5.25 Å². The molecule has 1 aliphatic rings. The van der Waals surface area contributed by atoms with Crippen LogP contribution in [0.3, 0.4) is 0 Å². The molecule has 1 aliphatic heterocycles. The van der Waals surface area contributed by atoms with E-state index in [0.29, 0.717) is 21.4 Å². The number of halogens is 2. The number of aliphatic hydroxyl groups is 1. The second-order valence-electron chi connectivity index (χ2n) is 4.06. The highest BCUT2D eigenvalue weighted by Gasteiger charge is 2.37. The molecule has 94 valence electrons. The summed E-state index contributed by atoms with van der Waals surface area (Å²) in [6.45, 7) is 0. The van der Waals surface area contributed by atoms with Crippen LogP contribution in [0.2, 0.25) is 10.0 Å². The zero-order chi connectivity index (χ0) is 12.9. The Morgan fingerprint density at radius 1 is 1.39 bits per heavy atom. The van der Waals surface area contributed by atoms with Crippen LogP contribution in [-0.4, -0.2) is 19.9 Å². The first-order chi connectivity index (χ1) is 8.56. The van der Waals surface area contributed by atoms with Crippen molar-refractivity contribution >= 4 is 35.0 Å². The van der Waals surface area contributed by atoms with Crippen LogP contribution in [0.25, 0.3) is 0 Å². The van der Waals surface area contributed by atoms with Crippen molar-refractivity contribution in [3.8, 4) is 0 Å². The Kier molecular flexibility index (Phi) is 3.02. The Hall–Kier alpha value is -0.750. The third-order valence-corrected chi connectivity index (χ3v) is 4.61. The second-order valence-corrected chi connectivity index (χ2v) is 6.09. The average molecular weight is 302 g/mol. The second kappa shape index (κ2) is 4.42. The van der Waals surface area contributed by atoms with Gasteiger partial charge in [-0.1, -0.05) is 23.2 Å². The van der Waals surface area contributed by atoms with Crippen molar-refractivity contribution in [2.24, 2.45) is 7.05 Å². The van der Waals surface area contributed by atoms with Crippen LogP contribution in [0, 0.1) is 0 Å². The number of aliphatic hydroxyl groups excluding tert-OH is 1. The van der Waals surface area contributed by atoms with E-state index in [9.17, 15) is 5.11 Å². The Labute approximate surface area is 118 Å². The minimum absolute atomic E-state index is 0.239. The summed E-state index contributed by atoms with van der Waals surface area (Å²) in [4.78, 5) is 5.06. The zero-order valence-corrected chi connectivity index (χ0v) is 11.7. The molecule has 0 saturated carbocycles. The van der Waals surface area contributed by atoms with Crippen molar-refractivity contribution in [2.75, 3.05) is 0 Å². The molecule has 2 aromatic rings. The highest BCUT2D eigenvalue weighted by atomic mass is 35.5. The molecule has 7 heteroatoms. The van der Waals surface area contributed by atoms with Crippen molar-refractivity contribution in [1.29, 1.82) is 0 Å². The van der Waals surface area contributed by atoms with E-state index in [2.05, 4.69) is 10.1 Å². The van der Waals surface area contributed by atoms with Crippen molar-refractivity contribution in [3.63, 3.8) is 0 Å².